The number of hydrogen-bond donors (Lipinski definition) is 2. The maximum atomic E-state index is 11.5. The van der Waals surface area contributed by atoms with Crippen molar-refractivity contribution in [1.82, 2.24) is 5.32 Å². The zero-order valence-corrected chi connectivity index (χ0v) is 10.8. The van der Waals surface area contributed by atoms with Crippen molar-refractivity contribution >= 4 is 5.91 Å². The van der Waals surface area contributed by atoms with Gasteiger partial charge in [0.15, 0.2) is 0 Å². The van der Waals surface area contributed by atoms with Gasteiger partial charge < -0.3 is 11.1 Å². The first-order chi connectivity index (χ1) is 6.76. The fourth-order valence-corrected chi connectivity index (χ4v) is 1.45. The Morgan fingerprint density at radius 2 is 1.93 bits per heavy atom. The summed E-state index contributed by atoms with van der Waals surface area (Å²) in [7, 11) is 0. The highest BCUT2D eigenvalue weighted by Crippen LogP contribution is 2.19. The smallest absolute Gasteiger partial charge is 0.222 e. The van der Waals surface area contributed by atoms with Crippen molar-refractivity contribution in [1.29, 1.82) is 0 Å². The molecule has 3 heteroatoms. The normalized spacial score (nSPS) is 15.9. The van der Waals surface area contributed by atoms with Gasteiger partial charge >= 0.3 is 0 Å². The lowest BCUT2D eigenvalue weighted by molar-refractivity contribution is -0.124. The lowest BCUT2D eigenvalue weighted by atomic mass is 9.88. The summed E-state index contributed by atoms with van der Waals surface area (Å²) in [6.07, 6.45) is 1.80. The predicted molar refractivity (Wildman–Crippen MR) is 64.5 cm³/mol. The van der Waals surface area contributed by atoms with Crippen LogP contribution in [-0.4, -0.2) is 18.5 Å². The molecule has 0 spiro atoms. The summed E-state index contributed by atoms with van der Waals surface area (Å²) < 4.78 is 0. The summed E-state index contributed by atoms with van der Waals surface area (Å²) in [4.78, 5) is 11.5. The van der Waals surface area contributed by atoms with Crippen molar-refractivity contribution in [3.63, 3.8) is 0 Å². The van der Waals surface area contributed by atoms with Gasteiger partial charge in [0, 0.05) is 18.5 Å². The average molecular weight is 214 g/mol. The molecule has 90 valence electrons. The van der Waals surface area contributed by atoms with E-state index < -0.39 is 0 Å². The monoisotopic (exact) mass is 214 g/mol. The second kappa shape index (κ2) is 6.11. The van der Waals surface area contributed by atoms with Gasteiger partial charge in [0.2, 0.25) is 5.91 Å². The van der Waals surface area contributed by atoms with Gasteiger partial charge in [-0.1, -0.05) is 34.6 Å². The number of amides is 1. The molecule has 15 heavy (non-hydrogen) atoms. The lowest BCUT2D eigenvalue weighted by Crippen LogP contribution is -2.41. The minimum absolute atomic E-state index is 0.0537. The zero-order valence-electron chi connectivity index (χ0n) is 10.8. The van der Waals surface area contributed by atoms with E-state index in [-0.39, 0.29) is 23.3 Å². The van der Waals surface area contributed by atoms with Crippen LogP contribution in [0.15, 0.2) is 0 Å². The number of nitrogens with one attached hydrogen (secondary N) is 1. The molecule has 2 unspecified atom stereocenters. The highest BCUT2D eigenvalue weighted by Gasteiger charge is 2.17. The van der Waals surface area contributed by atoms with Crippen LogP contribution >= 0.6 is 0 Å². The van der Waals surface area contributed by atoms with Gasteiger partial charge in [0.1, 0.15) is 0 Å². The zero-order chi connectivity index (χ0) is 12.1. The second-order valence-electron chi connectivity index (χ2n) is 5.58. The van der Waals surface area contributed by atoms with Crippen LogP contribution < -0.4 is 11.1 Å². The molecular weight excluding hydrogens is 188 g/mol. The molecular formula is C12H26N2O. The van der Waals surface area contributed by atoms with Gasteiger partial charge in [-0.05, 0) is 18.3 Å². The van der Waals surface area contributed by atoms with Crippen molar-refractivity contribution < 1.29 is 4.79 Å². The van der Waals surface area contributed by atoms with Gasteiger partial charge in [-0.15, -0.1) is 0 Å². The van der Waals surface area contributed by atoms with Gasteiger partial charge in [-0.25, -0.2) is 0 Å². The van der Waals surface area contributed by atoms with E-state index in [4.69, 9.17) is 5.73 Å². The molecule has 0 saturated heterocycles. The molecule has 0 rings (SSSR count). The Hall–Kier alpha value is -0.570. The van der Waals surface area contributed by atoms with Crippen LogP contribution in [0.3, 0.4) is 0 Å². The molecule has 0 aromatic rings. The van der Waals surface area contributed by atoms with E-state index in [2.05, 4.69) is 26.1 Å². The summed E-state index contributed by atoms with van der Waals surface area (Å²) in [5.74, 6) is 0.202. The predicted octanol–water partition coefficient (Wildman–Crippen LogP) is 1.91. The number of carbonyl (C=O) groups is 1. The summed E-state index contributed by atoms with van der Waals surface area (Å²) in [5, 5.41) is 2.89. The van der Waals surface area contributed by atoms with Crippen LogP contribution in [-0.2, 0) is 4.79 Å². The number of carbonyl (C=O) groups excluding carboxylic acids is 1. The molecule has 0 bridgehead atoms. The molecule has 0 heterocycles. The van der Waals surface area contributed by atoms with E-state index >= 15 is 0 Å². The van der Waals surface area contributed by atoms with Gasteiger partial charge in [-0.2, -0.15) is 0 Å². The van der Waals surface area contributed by atoms with Crippen molar-refractivity contribution in [2.45, 2.75) is 53.5 Å². The number of nitrogens with two attached hydrogens (primary N) is 1. The van der Waals surface area contributed by atoms with Crippen LogP contribution in [0, 0.1) is 11.3 Å². The molecule has 0 fully saturated rings. The van der Waals surface area contributed by atoms with E-state index in [9.17, 15) is 4.79 Å². The van der Waals surface area contributed by atoms with Crippen LogP contribution in [0.2, 0.25) is 0 Å². The van der Waals surface area contributed by atoms with Crippen LogP contribution in [0.1, 0.15) is 47.5 Å². The fraction of sp³-hybridized carbons (Fsp3) is 0.917. The number of rotatable bonds is 5. The Morgan fingerprint density at radius 1 is 1.40 bits per heavy atom. The van der Waals surface area contributed by atoms with Crippen molar-refractivity contribution in [2.24, 2.45) is 17.1 Å². The van der Waals surface area contributed by atoms with E-state index in [0.29, 0.717) is 6.54 Å². The third kappa shape index (κ3) is 7.37. The highest BCUT2D eigenvalue weighted by molar-refractivity contribution is 5.78. The minimum atomic E-state index is 0.0537. The third-order valence-corrected chi connectivity index (χ3v) is 2.47. The topological polar surface area (TPSA) is 55.1 Å². The summed E-state index contributed by atoms with van der Waals surface area (Å²) >= 11 is 0. The average Bonchev–Trinajstić information content (AvgIpc) is 2.10. The Morgan fingerprint density at radius 3 is 2.33 bits per heavy atom. The van der Waals surface area contributed by atoms with Crippen LogP contribution in [0.5, 0.6) is 0 Å². The molecule has 3 nitrogen and oxygen atoms in total. The molecule has 0 aliphatic carbocycles. The second-order valence-corrected chi connectivity index (χ2v) is 5.58. The van der Waals surface area contributed by atoms with E-state index in [0.717, 1.165) is 12.8 Å². The molecule has 0 aromatic heterocycles. The van der Waals surface area contributed by atoms with E-state index in [1.54, 1.807) is 0 Å². The summed E-state index contributed by atoms with van der Waals surface area (Å²) in [5.41, 5.74) is 6.16. The molecule has 0 radical (unpaired) electrons. The molecule has 0 aliphatic heterocycles. The molecule has 0 saturated carbocycles. The van der Waals surface area contributed by atoms with E-state index in [1.165, 1.54) is 0 Å². The van der Waals surface area contributed by atoms with Gasteiger partial charge in [0.05, 0.1) is 0 Å². The lowest BCUT2D eigenvalue weighted by Gasteiger charge is -2.23. The Labute approximate surface area is 93.8 Å². The molecule has 0 aromatic carbocycles. The number of hydrogen-bond acceptors (Lipinski definition) is 2. The van der Waals surface area contributed by atoms with Crippen molar-refractivity contribution in [2.75, 3.05) is 6.54 Å². The maximum Gasteiger partial charge on any atom is 0.222 e. The minimum Gasteiger partial charge on any atom is -0.354 e. The van der Waals surface area contributed by atoms with Gasteiger partial charge in [-0.3, -0.25) is 4.79 Å². The third-order valence-electron chi connectivity index (χ3n) is 2.47. The SMILES string of the molecule is CCC(C)C(=O)NCC(N)CC(C)(C)C. The largest absolute Gasteiger partial charge is 0.354 e. The highest BCUT2D eigenvalue weighted by atomic mass is 16.1. The van der Waals surface area contributed by atoms with Crippen LogP contribution in [0.25, 0.3) is 0 Å². The Kier molecular flexibility index (Phi) is 5.88. The van der Waals surface area contributed by atoms with Crippen molar-refractivity contribution in [3.05, 3.63) is 0 Å². The standard InChI is InChI=1S/C12H26N2O/c1-6-9(2)11(15)14-8-10(13)7-12(3,4)5/h9-10H,6-8,13H2,1-5H3,(H,14,15). The quantitative estimate of drug-likeness (QED) is 0.734. The Balaban J connectivity index is 3.81. The first-order valence-electron chi connectivity index (χ1n) is 5.79. The summed E-state index contributed by atoms with van der Waals surface area (Å²) in [6.45, 7) is 11.0. The maximum absolute atomic E-state index is 11.5. The first-order valence-corrected chi connectivity index (χ1v) is 5.79. The molecule has 1 amide bonds. The van der Waals surface area contributed by atoms with E-state index in [1.807, 2.05) is 13.8 Å². The molecule has 0 aliphatic rings. The van der Waals surface area contributed by atoms with Crippen molar-refractivity contribution in [3.8, 4) is 0 Å². The first kappa shape index (κ1) is 14.4. The van der Waals surface area contributed by atoms with Crippen LogP contribution in [0.4, 0.5) is 0 Å². The fourth-order valence-electron chi connectivity index (χ4n) is 1.45. The Bertz CT molecular complexity index is 196. The summed E-state index contributed by atoms with van der Waals surface area (Å²) in [6, 6.07) is 0.0537. The molecule has 2 atom stereocenters. The van der Waals surface area contributed by atoms with Gasteiger partial charge in [0.25, 0.3) is 0 Å². The molecule has 3 N–H and O–H groups in total.